The summed E-state index contributed by atoms with van der Waals surface area (Å²) in [5.41, 5.74) is 1.11. The summed E-state index contributed by atoms with van der Waals surface area (Å²) in [6.45, 7) is 3.93. The first kappa shape index (κ1) is 13.2. The van der Waals surface area contributed by atoms with Crippen molar-refractivity contribution in [3.05, 3.63) is 35.9 Å². The minimum atomic E-state index is -0.532. The fraction of sp³-hybridized carbons (Fsp3) is 0.538. The molecule has 0 aliphatic carbocycles. The number of ether oxygens (including phenoxy) is 2. The van der Waals surface area contributed by atoms with Crippen molar-refractivity contribution in [1.29, 1.82) is 0 Å². The molecule has 1 aromatic rings. The van der Waals surface area contributed by atoms with Crippen LogP contribution in [0.2, 0.25) is 0 Å². The highest BCUT2D eigenvalue weighted by molar-refractivity contribution is 5.13. The zero-order valence-corrected chi connectivity index (χ0v) is 9.76. The summed E-state index contributed by atoms with van der Waals surface area (Å²) in [5, 5.41) is 9.50. The van der Waals surface area contributed by atoms with E-state index in [1.807, 2.05) is 37.3 Å². The second kappa shape index (κ2) is 8.28. The maximum absolute atomic E-state index is 9.50. The molecule has 1 aromatic carbocycles. The molecule has 90 valence electrons. The highest BCUT2D eigenvalue weighted by Crippen LogP contribution is 2.01. The number of rotatable bonds is 8. The molecule has 3 heteroatoms. The van der Waals surface area contributed by atoms with E-state index < -0.39 is 6.10 Å². The molecule has 1 N–H and O–H groups in total. The average Bonchev–Trinajstić information content (AvgIpc) is 2.31. The summed E-state index contributed by atoms with van der Waals surface area (Å²) in [6, 6.07) is 9.91. The van der Waals surface area contributed by atoms with Crippen LogP contribution in [0, 0.1) is 0 Å². The molecule has 3 nitrogen and oxygen atoms in total. The fourth-order valence-corrected chi connectivity index (χ4v) is 1.30. The molecular weight excluding hydrogens is 204 g/mol. The number of hydrogen-bond acceptors (Lipinski definition) is 3. The average molecular weight is 224 g/mol. The molecule has 0 aliphatic rings. The zero-order chi connectivity index (χ0) is 11.6. The smallest absolute Gasteiger partial charge is 0.101 e. The van der Waals surface area contributed by atoms with Gasteiger partial charge in [-0.3, -0.25) is 0 Å². The minimum absolute atomic E-state index is 0.318. The molecule has 16 heavy (non-hydrogen) atoms. The van der Waals surface area contributed by atoms with Gasteiger partial charge >= 0.3 is 0 Å². The van der Waals surface area contributed by atoms with Gasteiger partial charge in [0.05, 0.1) is 19.8 Å². The topological polar surface area (TPSA) is 38.7 Å². The number of aliphatic hydroxyl groups is 1. The zero-order valence-electron chi connectivity index (χ0n) is 9.76. The predicted octanol–water partition coefficient (Wildman–Crippen LogP) is 1.99. The molecule has 0 heterocycles. The van der Waals surface area contributed by atoms with Gasteiger partial charge in [-0.2, -0.15) is 0 Å². The van der Waals surface area contributed by atoms with Crippen molar-refractivity contribution in [2.45, 2.75) is 26.1 Å². The van der Waals surface area contributed by atoms with Crippen molar-refractivity contribution >= 4 is 0 Å². The van der Waals surface area contributed by atoms with Crippen molar-refractivity contribution in [3.63, 3.8) is 0 Å². The van der Waals surface area contributed by atoms with Crippen LogP contribution < -0.4 is 0 Å². The van der Waals surface area contributed by atoms with Gasteiger partial charge in [-0.05, 0) is 12.0 Å². The van der Waals surface area contributed by atoms with Crippen LogP contribution in [0.4, 0.5) is 0 Å². The molecular formula is C13H20O3. The van der Waals surface area contributed by atoms with Gasteiger partial charge in [0.15, 0.2) is 0 Å². The fourth-order valence-electron chi connectivity index (χ4n) is 1.30. The van der Waals surface area contributed by atoms with E-state index in [9.17, 15) is 5.11 Å². The molecule has 0 bridgehead atoms. The Hall–Kier alpha value is -0.900. The Morgan fingerprint density at radius 1 is 1.12 bits per heavy atom. The number of benzene rings is 1. The van der Waals surface area contributed by atoms with Crippen LogP contribution in [0.3, 0.4) is 0 Å². The van der Waals surface area contributed by atoms with Crippen molar-refractivity contribution in [2.75, 3.05) is 19.8 Å². The standard InChI is InChI=1S/C13H20O3/c1-2-8-15-10-13(14)11-16-9-12-6-4-3-5-7-12/h3-7,13-14H,2,8-11H2,1H3. The largest absolute Gasteiger partial charge is 0.388 e. The van der Waals surface area contributed by atoms with Gasteiger partial charge in [0, 0.05) is 6.61 Å². The molecule has 0 spiro atoms. The van der Waals surface area contributed by atoms with E-state index in [0.29, 0.717) is 26.4 Å². The van der Waals surface area contributed by atoms with Crippen molar-refractivity contribution in [2.24, 2.45) is 0 Å². The summed E-state index contributed by atoms with van der Waals surface area (Å²) in [5.74, 6) is 0. The Morgan fingerprint density at radius 2 is 1.81 bits per heavy atom. The van der Waals surface area contributed by atoms with Gasteiger partial charge in [0.2, 0.25) is 0 Å². The quantitative estimate of drug-likeness (QED) is 0.686. The van der Waals surface area contributed by atoms with Crippen LogP contribution in [0.1, 0.15) is 18.9 Å². The summed E-state index contributed by atoms with van der Waals surface area (Å²) in [4.78, 5) is 0. The Bertz CT molecular complexity index is 261. The van der Waals surface area contributed by atoms with E-state index in [0.717, 1.165) is 12.0 Å². The first-order chi connectivity index (χ1) is 7.83. The van der Waals surface area contributed by atoms with Crippen molar-refractivity contribution in [1.82, 2.24) is 0 Å². The lowest BCUT2D eigenvalue weighted by Crippen LogP contribution is -2.21. The Kier molecular flexibility index (Phi) is 6.81. The molecule has 1 unspecified atom stereocenters. The maximum atomic E-state index is 9.50. The van der Waals surface area contributed by atoms with Crippen molar-refractivity contribution in [3.8, 4) is 0 Å². The lowest BCUT2D eigenvalue weighted by atomic mass is 10.2. The lowest BCUT2D eigenvalue weighted by molar-refractivity contribution is -0.0231. The Labute approximate surface area is 97.0 Å². The summed E-state index contributed by atoms with van der Waals surface area (Å²) in [6.07, 6.45) is 0.438. The van der Waals surface area contributed by atoms with Gasteiger partial charge in [0.1, 0.15) is 6.10 Å². The van der Waals surface area contributed by atoms with Gasteiger partial charge in [-0.1, -0.05) is 37.3 Å². The summed E-state index contributed by atoms with van der Waals surface area (Å²) >= 11 is 0. The van der Waals surface area contributed by atoms with Crippen molar-refractivity contribution < 1.29 is 14.6 Å². The highest BCUT2D eigenvalue weighted by Gasteiger charge is 2.03. The van der Waals surface area contributed by atoms with Gasteiger partial charge in [0.25, 0.3) is 0 Å². The van der Waals surface area contributed by atoms with Gasteiger partial charge < -0.3 is 14.6 Å². The highest BCUT2D eigenvalue weighted by atomic mass is 16.5. The maximum Gasteiger partial charge on any atom is 0.101 e. The van der Waals surface area contributed by atoms with Crippen LogP contribution in [0.25, 0.3) is 0 Å². The summed E-state index contributed by atoms with van der Waals surface area (Å²) in [7, 11) is 0. The van der Waals surface area contributed by atoms with Crippen LogP contribution in [0.15, 0.2) is 30.3 Å². The predicted molar refractivity (Wildman–Crippen MR) is 63.2 cm³/mol. The SMILES string of the molecule is CCCOCC(O)COCc1ccccc1. The van der Waals surface area contributed by atoms with Crippen LogP contribution in [-0.4, -0.2) is 31.0 Å². The molecule has 0 aliphatic heterocycles. The number of hydrogen-bond donors (Lipinski definition) is 1. The molecule has 0 amide bonds. The lowest BCUT2D eigenvalue weighted by Gasteiger charge is -2.11. The third-order valence-electron chi connectivity index (χ3n) is 2.08. The third kappa shape index (κ3) is 5.85. The monoisotopic (exact) mass is 224 g/mol. The van der Waals surface area contributed by atoms with E-state index in [2.05, 4.69) is 0 Å². The van der Waals surface area contributed by atoms with Crippen LogP contribution in [0.5, 0.6) is 0 Å². The Morgan fingerprint density at radius 3 is 2.50 bits per heavy atom. The van der Waals surface area contributed by atoms with Crippen LogP contribution in [-0.2, 0) is 16.1 Å². The van der Waals surface area contributed by atoms with Gasteiger partial charge in [-0.15, -0.1) is 0 Å². The normalized spacial score (nSPS) is 12.6. The first-order valence-corrected chi connectivity index (χ1v) is 5.70. The first-order valence-electron chi connectivity index (χ1n) is 5.70. The van der Waals surface area contributed by atoms with E-state index >= 15 is 0 Å². The van der Waals surface area contributed by atoms with E-state index in [1.54, 1.807) is 0 Å². The second-order valence-corrected chi connectivity index (χ2v) is 3.73. The molecule has 0 fully saturated rings. The Balaban J connectivity index is 2.06. The molecule has 1 rings (SSSR count). The summed E-state index contributed by atoms with van der Waals surface area (Å²) < 4.78 is 10.6. The molecule has 0 saturated heterocycles. The second-order valence-electron chi connectivity index (χ2n) is 3.73. The van der Waals surface area contributed by atoms with E-state index in [4.69, 9.17) is 9.47 Å². The molecule has 0 radical (unpaired) electrons. The van der Waals surface area contributed by atoms with Gasteiger partial charge in [-0.25, -0.2) is 0 Å². The minimum Gasteiger partial charge on any atom is -0.388 e. The van der Waals surface area contributed by atoms with Crippen LogP contribution >= 0.6 is 0 Å². The molecule has 1 atom stereocenters. The third-order valence-corrected chi connectivity index (χ3v) is 2.08. The molecule has 0 aromatic heterocycles. The number of aliphatic hydroxyl groups excluding tert-OH is 1. The molecule has 0 saturated carbocycles. The van der Waals surface area contributed by atoms with E-state index in [1.165, 1.54) is 0 Å². The van der Waals surface area contributed by atoms with E-state index in [-0.39, 0.29) is 0 Å².